The minimum atomic E-state index is -0.0959. The summed E-state index contributed by atoms with van der Waals surface area (Å²) in [7, 11) is 0. The summed E-state index contributed by atoms with van der Waals surface area (Å²) in [4.78, 5) is 11.5. The summed E-state index contributed by atoms with van der Waals surface area (Å²) >= 11 is 0. The van der Waals surface area contributed by atoms with Crippen LogP contribution in [0.2, 0.25) is 0 Å². The second kappa shape index (κ2) is 8.17. The third-order valence-electron chi connectivity index (χ3n) is 11.5. The second-order valence-corrected chi connectivity index (χ2v) is 12.7. The molecule has 4 aliphatic carbocycles. The fourth-order valence-electron chi connectivity index (χ4n) is 9.40. The molecule has 4 saturated carbocycles. The Morgan fingerprint density at radius 2 is 1.69 bits per heavy atom. The second-order valence-electron chi connectivity index (χ2n) is 12.7. The third-order valence-corrected chi connectivity index (χ3v) is 11.5. The SMILES string of the molecule is CC(=O)O[C@@H]1CC[C@]2(C)[C@H](CC[C@H]3[C@H]4CC[C@@](C)(CCc5ccccc5)[C@]4(C)CC[C@@H]32)C1. The van der Waals surface area contributed by atoms with Crippen LogP contribution in [-0.4, -0.2) is 12.1 Å². The lowest BCUT2D eigenvalue weighted by atomic mass is 9.43. The Morgan fingerprint density at radius 1 is 0.938 bits per heavy atom. The zero-order chi connectivity index (χ0) is 22.6. The molecule has 0 heterocycles. The molecule has 0 radical (unpaired) electrons. The van der Waals surface area contributed by atoms with Crippen LogP contribution in [-0.2, 0) is 16.0 Å². The van der Waals surface area contributed by atoms with Crippen molar-refractivity contribution in [3.8, 4) is 0 Å². The van der Waals surface area contributed by atoms with E-state index in [1.165, 1.54) is 63.4 Å². The number of hydrogen-bond donors (Lipinski definition) is 0. The Bertz CT molecular complexity index is 832. The van der Waals surface area contributed by atoms with Gasteiger partial charge in [-0.25, -0.2) is 0 Å². The zero-order valence-corrected chi connectivity index (χ0v) is 20.9. The maximum Gasteiger partial charge on any atom is 0.302 e. The van der Waals surface area contributed by atoms with Gasteiger partial charge in [0.15, 0.2) is 0 Å². The molecule has 2 heteroatoms. The molecule has 0 spiro atoms. The monoisotopic (exact) mass is 436 g/mol. The molecule has 0 bridgehead atoms. The molecule has 0 aliphatic heterocycles. The van der Waals surface area contributed by atoms with Crippen molar-refractivity contribution in [2.24, 2.45) is 39.9 Å². The molecule has 5 rings (SSSR count). The molecule has 0 N–H and O–H groups in total. The molecule has 1 aromatic carbocycles. The molecule has 176 valence electrons. The van der Waals surface area contributed by atoms with Gasteiger partial charge >= 0.3 is 5.97 Å². The molecule has 1 aromatic rings. The first-order valence-electron chi connectivity index (χ1n) is 13.5. The van der Waals surface area contributed by atoms with Gasteiger partial charge in [-0.05, 0) is 116 Å². The van der Waals surface area contributed by atoms with Crippen LogP contribution in [0.25, 0.3) is 0 Å². The highest BCUT2D eigenvalue weighted by molar-refractivity contribution is 5.66. The Kier molecular flexibility index (Phi) is 5.74. The molecule has 0 amide bonds. The molecule has 4 fully saturated rings. The van der Waals surface area contributed by atoms with Crippen LogP contribution >= 0.6 is 0 Å². The highest BCUT2D eigenvalue weighted by atomic mass is 16.5. The van der Waals surface area contributed by atoms with Gasteiger partial charge in [0.1, 0.15) is 6.10 Å². The van der Waals surface area contributed by atoms with E-state index in [4.69, 9.17) is 4.74 Å². The van der Waals surface area contributed by atoms with E-state index in [1.54, 1.807) is 6.92 Å². The molecular weight excluding hydrogens is 392 g/mol. The van der Waals surface area contributed by atoms with Crippen LogP contribution in [0, 0.1) is 39.9 Å². The molecule has 4 aliphatic rings. The first kappa shape index (κ1) is 22.5. The maximum atomic E-state index is 11.5. The first-order valence-corrected chi connectivity index (χ1v) is 13.5. The summed E-state index contributed by atoms with van der Waals surface area (Å²) in [5, 5.41) is 0. The van der Waals surface area contributed by atoms with Gasteiger partial charge in [0.2, 0.25) is 0 Å². The van der Waals surface area contributed by atoms with Gasteiger partial charge < -0.3 is 4.74 Å². The number of benzene rings is 1. The fraction of sp³-hybridized carbons (Fsp3) is 0.767. The van der Waals surface area contributed by atoms with E-state index in [-0.39, 0.29) is 12.1 Å². The molecule has 8 atom stereocenters. The van der Waals surface area contributed by atoms with Gasteiger partial charge in [-0.2, -0.15) is 0 Å². The molecular formula is C30H44O2. The summed E-state index contributed by atoms with van der Waals surface area (Å²) in [5.74, 6) is 3.36. The highest BCUT2D eigenvalue weighted by Crippen LogP contribution is 2.71. The predicted octanol–water partition coefficient (Wildman–Crippen LogP) is 7.60. The van der Waals surface area contributed by atoms with Crippen LogP contribution in [0.3, 0.4) is 0 Å². The van der Waals surface area contributed by atoms with Gasteiger partial charge in [-0.15, -0.1) is 0 Å². The predicted molar refractivity (Wildman–Crippen MR) is 130 cm³/mol. The normalized spacial score (nSPS) is 45.4. The summed E-state index contributed by atoms with van der Waals surface area (Å²) in [6.45, 7) is 9.50. The average Bonchev–Trinajstić information content (AvgIpc) is 3.04. The van der Waals surface area contributed by atoms with Crippen LogP contribution < -0.4 is 0 Å². The number of aryl methyl sites for hydroxylation is 1. The van der Waals surface area contributed by atoms with Crippen molar-refractivity contribution in [1.29, 1.82) is 0 Å². The summed E-state index contributed by atoms with van der Waals surface area (Å²) in [5.41, 5.74) is 2.95. The van der Waals surface area contributed by atoms with Crippen LogP contribution in [0.5, 0.6) is 0 Å². The molecule has 2 nitrogen and oxygen atoms in total. The van der Waals surface area contributed by atoms with Crippen molar-refractivity contribution in [2.75, 3.05) is 0 Å². The van der Waals surface area contributed by atoms with E-state index < -0.39 is 0 Å². The van der Waals surface area contributed by atoms with E-state index in [1.807, 2.05) is 0 Å². The molecule has 0 aromatic heterocycles. The number of ether oxygens (including phenoxy) is 1. The van der Waals surface area contributed by atoms with Gasteiger partial charge in [0.05, 0.1) is 0 Å². The van der Waals surface area contributed by atoms with Crippen molar-refractivity contribution in [1.82, 2.24) is 0 Å². The van der Waals surface area contributed by atoms with Gasteiger partial charge in [-0.3, -0.25) is 4.79 Å². The lowest BCUT2D eigenvalue weighted by molar-refractivity contribution is -0.162. The standard InChI is InChI=1S/C30H44O2/c1-21(31)32-24-13-18-29(3)23(20-24)10-11-25-26(29)15-19-30(4)27(25)14-17-28(30,2)16-12-22-8-6-5-7-9-22/h5-9,23-27H,10-20H2,1-4H3/t23-,24-,25-,26+,27-,28-,29-,30-/m1/s1. The Morgan fingerprint density at radius 3 is 2.44 bits per heavy atom. The zero-order valence-electron chi connectivity index (χ0n) is 20.9. The number of fused-ring (bicyclic) bond motifs is 5. The van der Waals surface area contributed by atoms with E-state index in [0.717, 1.165) is 36.5 Å². The summed E-state index contributed by atoms with van der Waals surface area (Å²) in [6, 6.07) is 11.1. The summed E-state index contributed by atoms with van der Waals surface area (Å²) in [6.07, 6.45) is 14.6. The number of carbonyl (C=O) groups is 1. The van der Waals surface area contributed by atoms with E-state index in [0.29, 0.717) is 16.2 Å². The molecule has 0 unspecified atom stereocenters. The lowest BCUT2D eigenvalue weighted by Gasteiger charge is -2.62. The van der Waals surface area contributed by atoms with Crippen molar-refractivity contribution in [3.63, 3.8) is 0 Å². The average molecular weight is 437 g/mol. The van der Waals surface area contributed by atoms with Gasteiger partial charge in [-0.1, -0.05) is 51.1 Å². The van der Waals surface area contributed by atoms with Crippen LogP contribution in [0.1, 0.15) is 97.5 Å². The minimum Gasteiger partial charge on any atom is -0.463 e. The van der Waals surface area contributed by atoms with Crippen LogP contribution in [0.15, 0.2) is 30.3 Å². The quantitative estimate of drug-likeness (QED) is 0.454. The maximum absolute atomic E-state index is 11.5. The molecule has 32 heavy (non-hydrogen) atoms. The van der Waals surface area contributed by atoms with Crippen LogP contribution in [0.4, 0.5) is 0 Å². The highest BCUT2D eigenvalue weighted by Gasteiger charge is 2.63. The lowest BCUT2D eigenvalue weighted by Crippen LogP contribution is -2.55. The Labute approximate surface area is 195 Å². The summed E-state index contributed by atoms with van der Waals surface area (Å²) < 4.78 is 5.66. The third kappa shape index (κ3) is 3.55. The fourth-order valence-corrected chi connectivity index (χ4v) is 9.40. The van der Waals surface area contributed by atoms with Gasteiger partial charge in [0, 0.05) is 6.92 Å². The number of rotatable bonds is 4. The minimum absolute atomic E-state index is 0.0959. The first-order chi connectivity index (χ1) is 15.3. The van der Waals surface area contributed by atoms with E-state index >= 15 is 0 Å². The number of carbonyl (C=O) groups excluding carboxylic acids is 1. The van der Waals surface area contributed by atoms with Gasteiger partial charge in [0.25, 0.3) is 0 Å². The van der Waals surface area contributed by atoms with Crippen molar-refractivity contribution in [3.05, 3.63) is 35.9 Å². The van der Waals surface area contributed by atoms with E-state index in [9.17, 15) is 4.79 Å². The van der Waals surface area contributed by atoms with Crippen molar-refractivity contribution in [2.45, 2.75) is 104 Å². The molecule has 0 saturated heterocycles. The van der Waals surface area contributed by atoms with Crippen molar-refractivity contribution < 1.29 is 9.53 Å². The topological polar surface area (TPSA) is 26.3 Å². The Hall–Kier alpha value is -1.31. The Balaban J connectivity index is 1.31. The number of esters is 1. The largest absolute Gasteiger partial charge is 0.463 e. The van der Waals surface area contributed by atoms with E-state index in [2.05, 4.69) is 51.1 Å². The number of hydrogen-bond acceptors (Lipinski definition) is 2. The van der Waals surface area contributed by atoms with Crippen molar-refractivity contribution >= 4 is 5.97 Å². The smallest absolute Gasteiger partial charge is 0.302 e.